The van der Waals surface area contributed by atoms with E-state index in [1.807, 2.05) is 12.1 Å². The fourth-order valence-corrected chi connectivity index (χ4v) is 7.46. The third kappa shape index (κ3) is 3.19. The lowest BCUT2D eigenvalue weighted by molar-refractivity contribution is 0.388. The van der Waals surface area contributed by atoms with Gasteiger partial charge in [0.05, 0.1) is 22.0 Å². The highest BCUT2D eigenvalue weighted by molar-refractivity contribution is 7.93. The molecule has 5 rings (SSSR count). The zero-order chi connectivity index (χ0) is 22.7. The van der Waals surface area contributed by atoms with Crippen LogP contribution in [0.5, 0.6) is 0 Å². The maximum Gasteiger partial charge on any atom is 0.165 e. The van der Waals surface area contributed by atoms with Gasteiger partial charge in [-0.1, -0.05) is 23.7 Å². The van der Waals surface area contributed by atoms with Crippen molar-refractivity contribution in [3.8, 4) is 0 Å². The van der Waals surface area contributed by atoms with E-state index in [0.29, 0.717) is 29.8 Å². The minimum atomic E-state index is -3.57. The number of pyridine rings is 2. The molecule has 1 saturated carbocycles. The summed E-state index contributed by atoms with van der Waals surface area (Å²) < 4.78 is 40.2. The van der Waals surface area contributed by atoms with Crippen LogP contribution < -0.4 is 5.73 Å². The maximum absolute atomic E-state index is 15.0. The quantitative estimate of drug-likeness (QED) is 0.622. The van der Waals surface area contributed by atoms with E-state index in [-0.39, 0.29) is 17.2 Å². The fourth-order valence-electron chi connectivity index (χ4n) is 4.78. The van der Waals surface area contributed by atoms with Crippen molar-refractivity contribution in [1.29, 1.82) is 0 Å². The number of rotatable bonds is 3. The first kappa shape index (κ1) is 21.3. The average Bonchev–Trinajstić information content (AvgIpc) is 2.66. The summed E-state index contributed by atoms with van der Waals surface area (Å²) in [6, 6.07) is 8.31. The molecule has 32 heavy (non-hydrogen) atoms. The zero-order valence-corrected chi connectivity index (χ0v) is 19.0. The van der Waals surface area contributed by atoms with E-state index < -0.39 is 25.9 Å². The Bertz CT molecular complexity index is 1390. The lowest BCUT2D eigenvalue weighted by atomic mass is 9.82. The van der Waals surface area contributed by atoms with Crippen LogP contribution in [-0.2, 0) is 21.8 Å². The molecule has 0 saturated heterocycles. The average molecular weight is 473 g/mol. The summed E-state index contributed by atoms with van der Waals surface area (Å²) in [5.74, 6) is -0.685. The Hall–Kier alpha value is -2.58. The van der Waals surface area contributed by atoms with E-state index in [9.17, 15) is 12.8 Å². The highest BCUT2D eigenvalue weighted by Gasteiger charge is 2.58. The van der Waals surface area contributed by atoms with Crippen molar-refractivity contribution in [3.05, 3.63) is 70.4 Å². The number of nitrogens with two attached hydrogens (primary N) is 1. The monoisotopic (exact) mass is 472 g/mol. The molecule has 0 bridgehead atoms. The molecule has 1 aromatic carbocycles. The van der Waals surface area contributed by atoms with Gasteiger partial charge in [0.2, 0.25) is 0 Å². The van der Waals surface area contributed by atoms with E-state index in [0.717, 1.165) is 23.1 Å². The van der Waals surface area contributed by atoms with E-state index in [1.165, 1.54) is 6.07 Å². The first-order valence-corrected chi connectivity index (χ1v) is 12.4. The number of sulfone groups is 1. The molecular formula is C23H22ClFN4O2S. The van der Waals surface area contributed by atoms with Gasteiger partial charge >= 0.3 is 0 Å². The number of nitrogens with zero attached hydrogens (tertiary/aromatic N) is 3. The van der Waals surface area contributed by atoms with Gasteiger partial charge in [0.15, 0.2) is 9.84 Å². The normalized spacial score (nSPS) is 23.7. The van der Waals surface area contributed by atoms with Gasteiger partial charge < -0.3 is 5.73 Å². The van der Waals surface area contributed by atoms with Gasteiger partial charge in [-0.2, -0.15) is 0 Å². The zero-order valence-electron chi connectivity index (χ0n) is 17.5. The van der Waals surface area contributed by atoms with E-state index in [4.69, 9.17) is 17.3 Å². The van der Waals surface area contributed by atoms with Crippen molar-refractivity contribution in [2.75, 3.05) is 5.75 Å². The highest BCUT2D eigenvalue weighted by atomic mass is 35.5. The second-order valence-electron chi connectivity index (χ2n) is 8.85. The van der Waals surface area contributed by atoms with Gasteiger partial charge in [0.1, 0.15) is 21.9 Å². The molecular weight excluding hydrogens is 451 g/mol. The van der Waals surface area contributed by atoms with Crippen LogP contribution in [0.2, 0.25) is 5.02 Å². The van der Waals surface area contributed by atoms with Crippen LogP contribution >= 0.6 is 11.6 Å². The molecule has 3 aromatic rings. The van der Waals surface area contributed by atoms with Crippen molar-refractivity contribution >= 4 is 38.2 Å². The van der Waals surface area contributed by atoms with Crippen molar-refractivity contribution in [1.82, 2.24) is 9.97 Å². The maximum atomic E-state index is 15.0. The largest absolute Gasteiger partial charge is 0.386 e. The third-order valence-electron chi connectivity index (χ3n) is 6.69. The Morgan fingerprint density at radius 2 is 1.97 bits per heavy atom. The third-order valence-corrected chi connectivity index (χ3v) is 9.64. The Morgan fingerprint density at radius 3 is 2.66 bits per heavy atom. The number of amidine groups is 1. The molecule has 6 nitrogen and oxygen atoms in total. The summed E-state index contributed by atoms with van der Waals surface area (Å²) in [7, 11) is -3.57. The molecule has 9 heteroatoms. The second kappa shape index (κ2) is 7.22. The summed E-state index contributed by atoms with van der Waals surface area (Å²) in [5.41, 5.74) is 7.30. The van der Waals surface area contributed by atoms with Gasteiger partial charge in [-0.3, -0.25) is 15.0 Å². The lowest BCUT2D eigenvalue weighted by Gasteiger charge is -2.46. The molecule has 0 unspecified atom stereocenters. The first-order chi connectivity index (χ1) is 15.1. The Kier molecular flexibility index (Phi) is 4.80. The first-order valence-electron chi connectivity index (χ1n) is 10.4. The minimum Gasteiger partial charge on any atom is -0.386 e. The number of halogens is 2. The van der Waals surface area contributed by atoms with Crippen molar-refractivity contribution in [2.45, 2.75) is 42.9 Å². The van der Waals surface area contributed by atoms with Crippen LogP contribution in [0, 0.1) is 5.82 Å². The Morgan fingerprint density at radius 1 is 1.19 bits per heavy atom. The highest BCUT2D eigenvalue weighted by Crippen LogP contribution is 2.47. The van der Waals surface area contributed by atoms with Crippen LogP contribution in [0.25, 0.3) is 10.9 Å². The van der Waals surface area contributed by atoms with Crippen LogP contribution in [0.1, 0.15) is 43.0 Å². The van der Waals surface area contributed by atoms with E-state index >= 15 is 0 Å². The van der Waals surface area contributed by atoms with Crippen molar-refractivity contribution in [3.63, 3.8) is 0 Å². The lowest BCUT2D eigenvalue weighted by Crippen LogP contribution is -2.61. The van der Waals surface area contributed by atoms with Crippen LogP contribution in [0.3, 0.4) is 0 Å². The minimum absolute atomic E-state index is 0.0964. The second-order valence-corrected chi connectivity index (χ2v) is 11.6. The van der Waals surface area contributed by atoms with Crippen molar-refractivity contribution < 1.29 is 12.8 Å². The number of fused-ring (bicyclic) bond motifs is 1. The SMILES string of the molecule is C[C@@]1(c2cc(Cc3nccc4cc(Cl)cnc34)ccc2F)CS(=O)(=O)C2(CCC2)C(N)=N1. The smallest absolute Gasteiger partial charge is 0.165 e. The molecule has 166 valence electrons. The summed E-state index contributed by atoms with van der Waals surface area (Å²) in [4.78, 5) is 13.4. The topological polar surface area (TPSA) is 98.3 Å². The Balaban J connectivity index is 1.56. The number of benzene rings is 1. The predicted octanol–water partition coefficient (Wildman–Crippen LogP) is 3.94. The summed E-state index contributed by atoms with van der Waals surface area (Å²) in [5, 5.41) is 1.39. The fraction of sp³-hybridized carbons (Fsp3) is 0.348. The molecule has 1 aliphatic heterocycles. The molecule has 1 aliphatic carbocycles. The van der Waals surface area contributed by atoms with Crippen LogP contribution in [0.4, 0.5) is 4.39 Å². The molecule has 1 fully saturated rings. The predicted molar refractivity (Wildman–Crippen MR) is 123 cm³/mol. The number of hydrogen-bond donors (Lipinski definition) is 1. The van der Waals surface area contributed by atoms with Gasteiger partial charge in [-0.25, -0.2) is 12.8 Å². The number of hydrogen-bond acceptors (Lipinski definition) is 6. The van der Waals surface area contributed by atoms with Crippen molar-refractivity contribution in [2.24, 2.45) is 10.7 Å². The summed E-state index contributed by atoms with van der Waals surface area (Å²) in [6.07, 6.45) is 5.39. The van der Waals surface area contributed by atoms with Gasteiger partial charge in [0.25, 0.3) is 0 Å². The molecule has 0 radical (unpaired) electrons. The molecule has 1 atom stereocenters. The molecule has 3 heterocycles. The molecule has 2 N–H and O–H groups in total. The standard InChI is InChI=1S/C23H22ClFN4O2S/c1-22(13-32(30,31)23(6-2-7-23)21(26)29-22)17-9-14(3-4-18(17)25)10-19-20-15(5-8-27-19)11-16(24)12-28-20/h3-5,8-9,11-12H,2,6-7,10,13H2,1H3,(H2,26,29)/t22-/m0/s1. The molecule has 2 aromatic heterocycles. The molecule has 0 amide bonds. The van der Waals surface area contributed by atoms with E-state index in [2.05, 4.69) is 15.0 Å². The van der Waals surface area contributed by atoms with Crippen LogP contribution in [0.15, 0.2) is 47.7 Å². The van der Waals surface area contributed by atoms with Crippen LogP contribution in [-0.4, -0.2) is 34.7 Å². The van der Waals surface area contributed by atoms with Gasteiger partial charge in [-0.15, -0.1) is 0 Å². The number of aromatic nitrogens is 2. The molecule has 2 aliphatic rings. The van der Waals surface area contributed by atoms with Gasteiger partial charge in [-0.05, 0) is 49.9 Å². The van der Waals surface area contributed by atoms with Gasteiger partial charge in [0, 0.05) is 29.8 Å². The number of aliphatic imine (C=N–C) groups is 1. The Labute approximate surface area is 190 Å². The van der Waals surface area contributed by atoms with E-state index in [1.54, 1.807) is 31.5 Å². The molecule has 1 spiro atoms. The summed E-state index contributed by atoms with van der Waals surface area (Å²) >= 11 is 6.04. The summed E-state index contributed by atoms with van der Waals surface area (Å²) in [6.45, 7) is 1.63.